The first-order valence-corrected chi connectivity index (χ1v) is 7.35. The Bertz CT molecular complexity index is 779. The smallest absolute Gasteiger partial charge is 0.434 e. The van der Waals surface area contributed by atoms with E-state index in [1.54, 1.807) is 0 Å². The number of aryl methyl sites for hydroxylation is 1. The zero-order valence-corrected chi connectivity index (χ0v) is 14.3. The molecular weight excluding hydrogens is 361 g/mol. The summed E-state index contributed by atoms with van der Waals surface area (Å²) >= 11 is 5.76. The molecule has 0 spiro atoms. The lowest BCUT2D eigenvalue weighted by atomic mass is 10.1. The molecule has 9 heteroatoms. The summed E-state index contributed by atoms with van der Waals surface area (Å²) in [6.07, 6.45) is -4.84. The van der Waals surface area contributed by atoms with E-state index in [9.17, 15) is 18.0 Å². The van der Waals surface area contributed by atoms with Crippen molar-refractivity contribution < 1.29 is 27.5 Å². The summed E-state index contributed by atoms with van der Waals surface area (Å²) in [4.78, 5) is 20.3. The van der Waals surface area contributed by atoms with Gasteiger partial charge in [0.1, 0.15) is 5.75 Å². The van der Waals surface area contributed by atoms with Gasteiger partial charge in [-0.05, 0) is 37.3 Å². The number of nitrogens with zero attached hydrogens (tertiary/aromatic N) is 2. The van der Waals surface area contributed by atoms with Crippen molar-refractivity contribution in [2.24, 2.45) is 0 Å². The normalized spacial score (nSPS) is 11.3. The first kappa shape index (κ1) is 19.0. The van der Waals surface area contributed by atoms with Crippen LogP contribution in [-0.2, 0) is 11.0 Å². The molecule has 0 aliphatic heterocycles. The Morgan fingerprint density at radius 3 is 2.36 bits per heavy atom. The zero-order chi connectivity index (χ0) is 18.8. The summed E-state index contributed by atoms with van der Waals surface area (Å²) in [5, 5.41) is 1.14. The van der Waals surface area contributed by atoms with Crippen molar-refractivity contribution in [3.8, 4) is 11.6 Å². The predicted octanol–water partition coefficient (Wildman–Crippen LogP) is 4.49. The topological polar surface area (TPSA) is 51.7 Å². The molecule has 1 aromatic heterocycles. The van der Waals surface area contributed by atoms with Crippen molar-refractivity contribution in [2.45, 2.75) is 13.1 Å². The minimum atomic E-state index is -4.84. The molecule has 1 aromatic carbocycles. The molecule has 0 unspecified atom stereocenters. The Balaban J connectivity index is 2.50. The maximum atomic E-state index is 13.3. The van der Waals surface area contributed by atoms with E-state index in [-0.39, 0.29) is 17.2 Å². The van der Waals surface area contributed by atoms with Crippen molar-refractivity contribution >= 4 is 17.5 Å². The van der Waals surface area contributed by atoms with E-state index in [1.807, 2.05) is 0 Å². The van der Waals surface area contributed by atoms with E-state index >= 15 is 0 Å². The molecule has 0 atom stereocenters. The average Bonchev–Trinajstić information content (AvgIpc) is 2.55. The highest BCUT2D eigenvalue weighted by Crippen LogP contribution is 2.35. The van der Waals surface area contributed by atoms with E-state index in [0.29, 0.717) is 10.1 Å². The van der Waals surface area contributed by atoms with Crippen LogP contribution in [0.25, 0.3) is 0 Å². The first-order valence-electron chi connectivity index (χ1n) is 6.98. The SMILES string of the molecule is CON(C)C(=O)c1cc(C)c(Oc2ccc(Cl)cc2)nc1C(F)(F)F. The molecule has 134 valence electrons. The largest absolute Gasteiger partial charge is 0.439 e. The third kappa shape index (κ3) is 4.40. The number of aromatic nitrogens is 1. The number of hydrogen-bond acceptors (Lipinski definition) is 4. The quantitative estimate of drug-likeness (QED) is 0.740. The van der Waals surface area contributed by atoms with Gasteiger partial charge in [0.15, 0.2) is 5.69 Å². The molecule has 0 saturated heterocycles. The number of carbonyl (C=O) groups excluding carboxylic acids is 1. The number of alkyl halides is 3. The van der Waals surface area contributed by atoms with Crippen LogP contribution in [0.4, 0.5) is 13.2 Å². The second-order valence-electron chi connectivity index (χ2n) is 5.05. The van der Waals surface area contributed by atoms with Gasteiger partial charge in [0.25, 0.3) is 5.91 Å². The second kappa shape index (κ2) is 7.28. The molecule has 25 heavy (non-hydrogen) atoms. The van der Waals surface area contributed by atoms with Crippen molar-refractivity contribution in [1.29, 1.82) is 0 Å². The summed E-state index contributed by atoms with van der Waals surface area (Å²) in [6.45, 7) is 1.49. The fourth-order valence-corrected chi connectivity index (χ4v) is 2.07. The predicted molar refractivity (Wildman–Crippen MR) is 84.6 cm³/mol. The molecule has 0 saturated carbocycles. The number of amides is 1. The number of carbonyl (C=O) groups is 1. The maximum absolute atomic E-state index is 13.3. The highest BCUT2D eigenvalue weighted by atomic mass is 35.5. The van der Waals surface area contributed by atoms with E-state index in [2.05, 4.69) is 9.82 Å². The van der Waals surface area contributed by atoms with Gasteiger partial charge >= 0.3 is 6.18 Å². The van der Waals surface area contributed by atoms with Crippen LogP contribution in [0.5, 0.6) is 11.6 Å². The Hall–Kier alpha value is -2.32. The minimum Gasteiger partial charge on any atom is -0.439 e. The molecule has 0 aliphatic carbocycles. The molecule has 0 aliphatic rings. The number of hydrogen-bond donors (Lipinski definition) is 0. The maximum Gasteiger partial charge on any atom is 0.434 e. The Kier molecular flexibility index (Phi) is 5.54. The molecule has 2 rings (SSSR count). The fraction of sp³-hybridized carbons (Fsp3) is 0.250. The van der Waals surface area contributed by atoms with Crippen LogP contribution in [0, 0.1) is 6.92 Å². The minimum absolute atomic E-state index is 0.258. The molecule has 0 bridgehead atoms. The van der Waals surface area contributed by atoms with Crippen molar-refractivity contribution in [2.75, 3.05) is 14.2 Å². The van der Waals surface area contributed by atoms with Gasteiger partial charge in [0, 0.05) is 17.6 Å². The van der Waals surface area contributed by atoms with Crippen LogP contribution in [0.3, 0.4) is 0 Å². The Morgan fingerprint density at radius 2 is 1.84 bits per heavy atom. The highest BCUT2D eigenvalue weighted by Gasteiger charge is 2.39. The number of pyridine rings is 1. The second-order valence-corrected chi connectivity index (χ2v) is 5.48. The van der Waals surface area contributed by atoms with Gasteiger partial charge in [-0.1, -0.05) is 11.6 Å². The van der Waals surface area contributed by atoms with Gasteiger partial charge in [-0.2, -0.15) is 13.2 Å². The van der Waals surface area contributed by atoms with Crippen molar-refractivity contribution in [3.63, 3.8) is 0 Å². The van der Waals surface area contributed by atoms with E-state index < -0.39 is 23.3 Å². The van der Waals surface area contributed by atoms with Gasteiger partial charge in [0.2, 0.25) is 5.88 Å². The lowest BCUT2D eigenvalue weighted by molar-refractivity contribution is -0.142. The van der Waals surface area contributed by atoms with Crippen molar-refractivity contribution in [3.05, 3.63) is 52.2 Å². The number of benzene rings is 1. The molecule has 0 N–H and O–H groups in total. The molecule has 5 nitrogen and oxygen atoms in total. The zero-order valence-electron chi connectivity index (χ0n) is 13.5. The summed E-state index contributed by atoms with van der Waals surface area (Å²) in [5.41, 5.74) is -1.72. The molecule has 1 heterocycles. The highest BCUT2D eigenvalue weighted by molar-refractivity contribution is 6.30. The average molecular weight is 375 g/mol. The van der Waals surface area contributed by atoms with Gasteiger partial charge in [-0.15, -0.1) is 0 Å². The van der Waals surface area contributed by atoms with Crippen molar-refractivity contribution in [1.82, 2.24) is 10.0 Å². The molecule has 0 radical (unpaired) electrons. The van der Waals surface area contributed by atoms with Crippen LogP contribution in [0.15, 0.2) is 30.3 Å². The van der Waals surface area contributed by atoms with Crippen LogP contribution in [-0.4, -0.2) is 30.1 Å². The molecule has 2 aromatic rings. The molecule has 0 fully saturated rings. The molecule has 1 amide bonds. The van der Waals surface area contributed by atoms with Crippen LogP contribution >= 0.6 is 11.6 Å². The summed E-state index contributed by atoms with van der Waals surface area (Å²) < 4.78 is 45.4. The lowest BCUT2D eigenvalue weighted by Gasteiger charge is -2.19. The third-order valence-corrected chi connectivity index (χ3v) is 3.51. The lowest BCUT2D eigenvalue weighted by Crippen LogP contribution is -2.28. The Morgan fingerprint density at radius 1 is 1.24 bits per heavy atom. The summed E-state index contributed by atoms with van der Waals surface area (Å²) in [7, 11) is 2.37. The monoisotopic (exact) mass is 374 g/mol. The van der Waals surface area contributed by atoms with E-state index in [4.69, 9.17) is 16.3 Å². The number of rotatable bonds is 4. The van der Waals surface area contributed by atoms with E-state index in [0.717, 1.165) is 6.07 Å². The van der Waals surface area contributed by atoms with Gasteiger partial charge in [0.05, 0.1) is 12.7 Å². The number of ether oxygens (including phenoxy) is 1. The summed E-state index contributed by atoms with van der Waals surface area (Å²) in [5.74, 6) is -0.962. The fourth-order valence-electron chi connectivity index (χ4n) is 1.95. The van der Waals surface area contributed by atoms with Crippen LogP contribution < -0.4 is 4.74 Å². The van der Waals surface area contributed by atoms with Gasteiger partial charge < -0.3 is 4.74 Å². The number of halogens is 4. The molecular formula is C16H14ClF3N2O3. The Labute approximate surface area is 146 Å². The third-order valence-electron chi connectivity index (χ3n) is 3.25. The van der Waals surface area contributed by atoms with Crippen LogP contribution in [0.2, 0.25) is 5.02 Å². The van der Waals surface area contributed by atoms with Gasteiger partial charge in [-0.25, -0.2) is 10.0 Å². The van der Waals surface area contributed by atoms with Gasteiger partial charge in [-0.3, -0.25) is 9.63 Å². The summed E-state index contributed by atoms with van der Waals surface area (Å²) in [6, 6.07) is 7.12. The van der Waals surface area contributed by atoms with Crippen LogP contribution in [0.1, 0.15) is 21.6 Å². The standard InChI is InChI=1S/C16H14ClF3N2O3/c1-9-8-12(15(23)22(2)24-3)13(16(18,19)20)21-14(9)25-11-6-4-10(17)5-7-11/h4-8H,1-3H3. The first-order chi connectivity index (χ1) is 11.6. The number of hydroxylamine groups is 2. The van der Waals surface area contributed by atoms with E-state index in [1.165, 1.54) is 45.3 Å².